The molecule has 0 saturated carbocycles. The molecule has 19 heavy (non-hydrogen) atoms. The minimum Gasteiger partial charge on any atom is -0.382 e. The molecule has 96 valence electrons. The fourth-order valence-corrected chi connectivity index (χ4v) is 1.66. The molecule has 1 aromatic carbocycles. The van der Waals surface area contributed by atoms with Crippen molar-refractivity contribution in [1.29, 1.82) is 0 Å². The number of anilines is 1. The third-order valence-corrected chi connectivity index (χ3v) is 2.81. The van der Waals surface area contributed by atoms with Crippen LogP contribution >= 0.6 is 0 Å². The molecule has 0 amide bonds. The Kier molecular flexibility index (Phi) is 2.52. The molecule has 0 radical (unpaired) electrons. The number of rotatable bonds is 2. The van der Waals surface area contributed by atoms with Crippen molar-refractivity contribution < 1.29 is 4.52 Å². The van der Waals surface area contributed by atoms with Gasteiger partial charge in [-0.3, -0.25) is 0 Å². The highest BCUT2D eigenvalue weighted by molar-refractivity contribution is 5.64. The number of hydrogen-bond donors (Lipinski definition) is 1. The van der Waals surface area contributed by atoms with E-state index in [-0.39, 0.29) is 5.89 Å². The quantitative estimate of drug-likeness (QED) is 0.745. The van der Waals surface area contributed by atoms with Crippen LogP contribution in [-0.2, 0) is 7.05 Å². The summed E-state index contributed by atoms with van der Waals surface area (Å²) in [5.74, 6) is 1.15. The molecule has 7 nitrogen and oxygen atoms in total. The van der Waals surface area contributed by atoms with Crippen molar-refractivity contribution in [2.45, 2.75) is 6.92 Å². The van der Waals surface area contributed by atoms with Crippen molar-refractivity contribution in [3.05, 3.63) is 29.8 Å². The van der Waals surface area contributed by atoms with Crippen molar-refractivity contribution in [3.8, 4) is 23.0 Å². The van der Waals surface area contributed by atoms with E-state index in [0.717, 1.165) is 5.56 Å². The summed E-state index contributed by atoms with van der Waals surface area (Å²) >= 11 is 0. The number of nitrogen functional groups attached to an aromatic ring is 1. The molecule has 0 aliphatic carbocycles. The number of nitrogens with two attached hydrogens (primary N) is 1. The van der Waals surface area contributed by atoms with Crippen LogP contribution in [0.4, 0.5) is 5.82 Å². The van der Waals surface area contributed by atoms with Gasteiger partial charge in [-0.1, -0.05) is 40.2 Å². The summed E-state index contributed by atoms with van der Waals surface area (Å²) in [6.07, 6.45) is 0. The summed E-state index contributed by atoms with van der Waals surface area (Å²) in [6.45, 7) is 2.02. The maximum atomic E-state index is 5.81. The fourth-order valence-electron chi connectivity index (χ4n) is 1.66. The van der Waals surface area contributed by atoms with E-state index in [1.165, 1.54) is 10.2 Å². The lowest BCUT2D eigenvalue weighted by Crippen LogP contribution is -1.98. The second-order valence-corrected chi connectivity index (χ2v) is 4.24. The molecule has 7 heteroatoms. The van der Waals surface area contributed by atoms with Crippen LogP contribution in [0.2, 0.25) is 0 Å². The van der Waals surface area contributed by atoms with Crippen LogP contribution in [-0.4, -0.2) is 25.1 Å². The molecule has 0 spiro atoms. The Labute approximate surface area is 109 Å². The van der Waals surface area contributed by atoms with E-state index in [1.807, 2.05) is 31.2 Å². The molecule has 3 aromatic rings. The minimum atomic E-state index is 0.265. The van der Waals surface area contributed by atoms with Gasteiger partial charge in [0.25, 0.3) is 5.89 Å². The van der Waals surface area contributed by atoms with Crippen LogP contribution in [0, 0.1) is 6.92 Å². The third kappa shape index (κ3) is 1.95. The van der Waals surface area contributed by atoms with Gasteiger partial charge < -0.3 is 10.3 Å². The summed E-state index contributed by atoms with van der Waals surface area (Å²) in [7, 11) is 1.70. The van der Waals surface area contributed by atoms with Crippen LogP contribution in [0.15, 0.2) is 28.8 Å². The van der Waals surface area contributed by atoms with Crippen molar-refractivity contribution in [2.75, 3.05) is 5.73 Å². The van der Waals surface area contributed by atoms with Gasteiger partial charge >= 0.3 is 0 Å². The van der Waals surface area contributed by atoms with E-state index >= 15 is 0 Å². The average molecular weight is 256 g/mol. The molecular weight excluding hydrogens is 244 g/mol. The van der Waals surface area contributed by atoms with E-state index in [1.54, 1.807) is 7.05 Å². The zero-order valence-corrected chi connectivity index (χ0v) is 10.5. The Hall–Kier alpha value is -2.70. The number of benzene rings is 1. The van der Waals surface area contributed by atoms with E-state index < -0.39 is 0 Å². The standard InChI is InChI=1S/C12H12N6O/c1-7-3-5-8(6-4-7)11-14-12(19-16-11)9-10(13)18(2)17-15-9/h3-6H,13H2,1-2H3. The first-order valence-electron chi connectivity index (χ1n) is 5.71. The monoisotopic (exact) mass is 256 g/mol. The molecule has 2 aromatic heterocycles. The topological polar surface area (TPSA) is 95.7 Å². The maximum absolute atomic E-state index is 5.81. The van der Waals surface area contributed by atoms with Crippen LogP contribution in [0.3, 0.4) is 0 Å². The molecule has 2 N–H and O–H groups in total. The van der Waals surface area contributed by atoms with Crippen molar-refractivity contribution in [2.24, 2.45) is 7.05 Å². The van der Waals surface area contributed by atoms with Crippen LogP contribution in [0.1, 0.15) is 5.56 Å². The van der Waals surface area contributed by atoms with Crippen molar-refractivity contribution in [1.82, 2.24) is 25.1 Å². The number of hydrogen-bond acceptors (Lipinski definition) is 6. The smallest absolute Gasteiger partial charge is 0.282 e. The Morgan fingerprint density at radius 3 is 2.58 bits per heavy atom. The SMILES string of the molecule is Cc1ccc(-c2noc(-c3nnn(C)c3N)n2)cc1. The first kappa shape index (κ1) is 11.4. The molecule has 0 unspecified atom stereocenters. The van der Waals surface area contributed by atoms with E-state index in [4.69, 9.17) is 10.3 Å². The van der Waals surface area contributed by atoms with Crippen LogP contribution < -0.4 is 5.73 Å². The van der Waals surface area contributed by atoms with Gasteiger partial charge in [-0.15, -0.1) is 5.10 Å². The second-order valence-electron chi connectivity index (χ2n) is 4.24. The highest BCUT2D eigenvalue weighted by Crippen LogP contribution is 2.24. The highest BCUT2D eigenvalue weighted by Gasteiger charge is 2.17. The number of aryl methyl sites for hydroxylation is 2. The average Bonchev–Trinajstić information content (AvgIpc) is 2.99. The van der Waals surface area contributed by atoms with Gasteiger partial charge in [-0.05, 0) is 6.92 Å². The Balaban J connectivity index is 2.00. The molecule has 0 bridgehead atoms. The van der Waals surface area contributed by atoms with Gasteiger partial charge in [0.1, 0.15) is 0 Å². The highest BCUT2D eigenvalue weighted by atomic mass is 16.5. The van der Waals surface area contributed by atoms with Gasteiger partial charge in [0.05, 0.1) is 0 Å². The Bertz CT molecular complexity index is 712. The Morgan fingerprint density at radius 1 is 1.21 bits per heavy atom. The van der Waals surface area contributed by atoms with Gasteiger partial charge in [0.15, 0.2) is 11.5 Å². The summed E-state index contributed by atoms with van der Waals surface area (Å²) in [5.41, 5.74) is 8.26. The van der Waals surface area contributed by atoms with Gasteiger partial charge in [0, 0.05) is 12.6 Å². The van der Waals surface area contributed by atoms with Gasteiger partial charge in [-0.2, -0.15) is 4.98 Å². The number of aromatic nitrogens is 5. The maximum Gasteiger partial charge on any atom is 0.282 e. The summed E-state index contributed by atoms with van der Waals surface area (Å²) in [6, 6.07) is 7.85. The lowest BCUT2D eigenvalue weighted by Gasteiger charge is -1.94. The lowest BCUT2D eigenvalue weighted by molar-refractivity contribution is 0.431. The third-order valence-electron chi connectivity index (χ3n) is 2.81. The summed E-state index contributed by atoms with van der Waals surface area (Å²) in [4.78, 5) is 4.28. The zero-order chi connectivity index (χ0) is 13.4. The molecule has 0 aliphatic heterocycles. The molecule has 0 aliphatic rings. The first-order valence-corrected chi connectivity index (χ1v) is 5.71. The lowest BCUT2D eigenvalue weighted by atomic mass is 10.1. The predicted octanol–water partition coefficient (Wildman–Crippen LogP) is 1.42. The van der Waals surface area contributed by atoms with Gasteiger partial charge in [0.2, 0.25) is 5.82 Å². The first-order chi connectivity index (χ1) is 9.15. The largest absolute Gasteiger partial charge is 0.382 e. The van der Waals surface area contributed by atoms with E-state index in [9.17, 15) is 0 Å². The molecule has 0 saturated heterocycles. The fraction of sp³-hybridized carbons (Fsp3) is 0.167. The summed E-state index contributed by atoms with van der Waals surface area (Å²) in [5, 5.41) is 11.6. The predicted molar refractivity (Wildman–Crippen MR) is 68.9 cm³/mol. The zero-order valence-electron chi connectivity index (χ0n) is 10.5. The molecule has 0 atom stereocenters. The van der Waals surface area contributed by atoms with Gasteiger partial charge in [-0.25, -0.2) is 4.68 Å². The van der Waals surface area contributed by atoms with Crippen molar-refractivity contribution in [3.63, 3.8) is 0 Å². The molecule has 3 rings (SSSR count). The Morgan fingerprint density at radius 2 is 1.95 bits per heavy atom. The molecule has 2 heterocycles. The molecular formula is C12H12N6O. The van der Waals surface area contributed by atoms with Crippen LogP contribution in [0.5, 0.6) is 0 Å². The van der Waals surface area contributed by atoms with E-state index in [2.05, 4.69) is 20.5 Å². The van der Waals surface area contributed by atoms with Crippen LogP contribution in [0.25, 0.3) is 23.0 Å². The minimum absolute atomic E-state index is 0.265. The summed E-state index contributed by atoms with van der Waals surface area (Å²) < 4.78 is 6.62. The molecule has 0 fully saturated rings. The van der Waals surface area contributed by atoms with E-state index in [0.29, 0.717) is 17.3 Å². The number of nitrogens with zero attached hydrogens (tertiary/aromatic N) is 5. The van der Waals surface area contributed by atoms with Crippen molar-refractivity contribution >= 4 is 5.82 Å². The second kappa shape index (κ2) is 4.20. The normalized spacial score (nSPS) is 10.8.